The molecule has 0 aromatic heterocycles. The third-order valence-corrected chi connectivity index (χ3v) is 2.86. The molecule has 5 heteroatoms. The fourth-order valence-corrected chi connectivity index (χ4v) is 1.75. The molecule has 2 aromatic rings. The normalized spacial score (nSPS) is 10.3. The van der Waals surface area contributed by atoms with Crippen LogP contribution in [0.2, 0.25) is 0 Å². The molecule has 0 aliphatic heterocycles. The van der Waals surface area contributed by atoms with Crippen molar-refractivity contribution in [3.8, 4) is 5.75 Å². The SMILES string of the molecule is NC(=O)c1ccc(COc2ccccc2CO)c(F)c1. The van der Waals surface area contributed by atoms with Gasteiger partial charge in [0.05, 0.1) is 6.61 Å². The molecule has 3 N–H and O–H groups in total. The standard InChI is InChI=1S/C15H14FNO3/c16-13-7-10(15(17)19)5-6-12(13)9-20-14-4-2-1-3-11(14)8-18/h1-7,18H,8-9H2,(H2,17,19). The van der Waals surface area contributed by atoms with Gasteiger partial charge in [-0.25, -0.2) is 4.39 Å². The second kappa shape index (κ2) is 6.16. The number of rotatable bonds is 5. The number of aliphatic hydroxyl groups excluding tert-OH is 1. The first-order valence-corrected chi connectivity index (χ1v) is 6.01. The first kappa shape index (κ1) is 14.0. The lowest BCUT2D eigenvalue weighted by Crippen LogP contribution is -2.12. The highest BCUT2D eigenvalue weighted by molar-refractivity contribution is 5.92. The molecule has 0 aliphatic rings. The van der Waals surface area contributed by atoms with Crippen molar-refractivity contribution < 1.29 is 19.0 Å². The number of benzene rings is 2. The van der Waals surface area contributed by atoms with E-state index < -0.39 is 11.7 Å². The van der Waals surface area contributed by atoms with Crippen LogP contribution in [0.1, 0.15) is 21.5 Å². The molecule has 0 aliphatic carbocycles. The highest BCUT2D eigenvalue weighted by atomic mass is 19.1. The second-order valence-electron chi connectivity index (χ2n) is 4.22. The number of carbonyl (C=O) groups excluding carboxylic acids is 1. The van der Waals surface area contributed by atoms with Gasteiger partial charge in [0.1, 0.15) is 18.2 Å². The minimum absolute atomic E-state index is 0.00187. The van der Waals surface area contributed by atoms with E-state index in [-0.39, 0.29) is 18.8 Å². The molecule has 2 aromatic carbocycles. The number of nitrogens with two attached hydrogens (primary N) is 1. The summed E-state index contributed by atoms with van der Waals surface area (Å²) in [7, 11) is 0. The maximum absolute atomic E-state index is 13.8. The highest BCUT2D eigenvalue weighted by Gasteiger charge is 2.08. The van der Waals surface area contributed by atoms with Crippen LogP contribution in [0.5, 0.6) is 5.75 Å². The van der Waals surface area contributed by atoms with Gasteiger partial charge in [0.2, 0.25) is 5.91 Å². The predicted octanol–water partition coefficient (Wildman–Crippen LogP) is 2.00. The molecule has 0 fully saturated rings. The lowest BCUT2D eigenvalue weighted by molar-refractivity contribution is 0.0999. The summed E-state index contributed by atoms with van der Waals surface area (Å²) in [6, 6.07) is 10.9. The quantitative estimate of drug-likeness (QED) is 0.876. The maximum Gasteiger partial charge on any atom is 0.248 e. The zero-order valence-electron chi connectivity index (χ0n) is 10.7. The molecule has 0 unspecified atom stereocenters. The molecule has 0 atom stereocenters. The first-order valence-electron chi connectivity index (χ1n) is 6.01. The van der Waals surface area contributed by atoms with E-state index in [4.69, 9.17) is 15.6 Å². The largest absolute Gasteiger partial charge is 0.488 e. The Morgan fingerprint density at radius 2 is 1.95 bits per heavy atom. The van der Waals surface area contributed by atoms with E-state index in [2.05, 4.69) is 0 Å². The van der Waals surface area contributed by atoms with Crippen LogP contribution >= 0.6 is 0 Å². The number of hydrogen-bond donors (Lipinski definition) is 2. The number of carbonyl (C=O) groups is 1. The van der Waals surface area contributed by atoms with Crippen molar-refractivity contribution in [3.63, 3.8) is 0 Å². The van der Waals surface area contributed by atoms with Crippen molar-refractivity contribution in [2.75, 3.05) is 0 Å². The third kappa shape index (κ3) is 3.13. The monoisotopic (exact) mass is 275 g/mol. The summed E-state index contributed by atoms with van der Waals surface area (Å²) in [4.78, 5) is 10.9. The first-order chi connectivity index (χ1) is 9.61. The van der Waals surface area contributed by atoms with Crippen LogP contribution in [-0.2, 0) is 13.2 Å². The molecular formula is C15H14FNO3. The topological polar surface area (TPSA) is 72.6 Å². The van der Waals surface area contributed by atoms with Crippen LogP contribution in [0.15, 0.2) is 42.5 Å². The molecule has 0 saturated carbocycles. The molecule has 0 spiro atoms. The zero-order chi connectivity index (χ0) is 14.5. The van der Waals surface area contributed by atoms with Crippen molar-refractivity contribution in [3.05, 3.63) is 65.0 Å². The molecule has 20 heavy (non-hydrogen) atoms. The Hall–Kier alpha value is -2.40. The maximum atomic E-state index is 13.8. The summed E-state index contributed by atoms with van der Waals surface area (Å²) in [5.74, 6) is -0.738. The number of amides is 1. The Balaban J connectivity index is 2.13. The molecule has 4 nitrogen and oxygen atoms in total. The van der Waals surface area contributed by atoms with Crippen LogP contribution < -0.4 is 10.5 Å². The van der Waals surface area contributed by atoms with Crippen LogP contribution in [0, 0.1) is 5.82 Å². The van der Waals surface area contributed by atoms with Gasteiger partial charge in [0, 0.05) is 16.7 Å². The Labute approximate surface area is 115 Å². The smallest absolute Gasteiger partial charge is 0.248 e. The lowest BCUT2D eigenvalue weighted by atomic mass is 10.1. The van der Waals surface area contributed by atoms with Gasteiger partial charge in [-0.1, -0.05) is 24.3 Å². The van der Waals surface area contributed by atoms with E-state index in [0.717, 1.165) is 6.07 Å². The van der Waals surface area contributed by atoms with Gasteiger partial charge in [-0.3, -0.25) is 4.79 Å². The van der Waals surface area contributed by atoms with E-state index in [1.807, 2.05) is 0 Å². The Morgan fingerprint density at radius 3 is 2.60 bits per heavy atom. The van der Waals surface area contributed by atoms with Crippen molar-refractivity contribution in [2.24, 2.45) is 5.73 Å². The van der Waals surface area contributed by atoms with E-state index >= 15 is 0 Å². The number of hydrogen-bond acceptors (Lipinski definition) is 3. The second-order valence-corrected chi connectivity index (χ2v) is 4.22. The molecule has 2 rings (SSSR count). The Kier molecular flexibility index (Phi) is 4.32. The number of halogens is 1. The molecule has 0 saturated heterocycles. The van der Waals surface area contributed by atoms with Gasteiger partial charge in [-0.15, -0.1) is 0 Å². The van der Waals surface area contributed by atoms with Crippen LogP contribution in [-0.4, -0.2) is 11.0 Å². The van der Waals surface area contributed by atoms with Crippen molar-refractivity contribution in [1.29, 1.82) is 0 Å². The fourth-order valence-electron chi connectivity index (χ4n) is 1.75. The Bertz CT molecular complexity index is 628. The lowest BCUT2D eigenvalue weighted by Gasteiger charge is -2.10. The molecule has 1 amide bonds. The Morgan fingerprint density at radius 1 is 1.20 bits per heavy atom. The number of ether oxygens (including phenoxy) is 1. The van der Waals surface area contributed by atoms with Gasteiger partial charge in [0.15, 0.2) is 0 Å². The number of primary amides is 1. The van der Waals surface area contributed by atoms with Crippen LogP contribution in [0.25, 0.3) is 0 Å². The summed E-state index contributed by atoms with van der Waals surface area (Å²) < 4.78 is 19.2. The highest BCUT2D eigenvalue weighted by Crippen LogP contribution is 2.20. The van der Waals surface area contributed by atoms with Gasteiger partial charge in [-0.05, 0) is 18.2 Å². The number of para-hydroxylation sites is 1. The molecule has 0 heterocycles. The van der Waals surface area contributed by atoms with E-state index in [9.17, 15) is 9.18 Å². The molecule has 0 bridgehead atoms. The summed E-state index contributed by atoms with van der Waals surface area (Å²) >= 11 is 0. The fraction of sp³-hybridized carbons (Fsp3) is 0.133. The predicted molar refractivity (Wildman–Crippen MR) is 71.6 cm³/mol. The third-order valence-electron chi connectivity index (χ3n) is 2.86. The summed E-state index contributed by atoms with van der Waals surface area (Å²) in [5, 5.41) is 9.16. The van der Waals surface area contributed by atoms with Crippen molar-refractivity contribution >= 4 is 5.91 Å². The molecule has 104 valence electrons. The van der Waals surface area contributed by atoms with E-state index in [0.29, 0.717) is 16.9 Å². The average Bonchev–Trinajstić information content (AvgIpc) is 2.46. The minimum atomic E-state index is -0.679. The summed E-state index contributed by atoms with van der Waals surface area (Å²) in [5.41, 5.74) is 6.12. The van der Waals surface area contributed by atoms with E-state index in [1.165, 1.54) is 12.1 Å². The summed E-state index contributed by atoms with van der Waals surface area (Å²) in [6.45, 7) is -0.152. The van der Waals surface area contributed by atoms with Crippen molar-refractivity contribution in [1.82, 2.24) is 0 Å². The van der Waals surface area contributed by atoms with Crippen LogP contribution in [0.4, 0.5) is 4.39 Å². The number of aliphatic hydroxyl groups is 1. The molecular weight excluding hydrogens is 261 g/mol. The van der Waals surface area contributed by atoms with Crippen molar-refractivity contribution in [2.45, 2.75) is 13.2 Å². The average molecular weight is 275 g/mol. The van der Waals surface area contributed by atoms with E-state index in [1.54, 1.807) is 24.3 Å². The van der Waals surface area contributed by atoms with Gasteiger partial charge in [0.25, 0.3) is 0 Å². The molecule has 0 radical (unpaired) electrons. The van der Waals surface area contributed by atoms with Crippen LogP contribution in [0.3, 0.4) is 0 Å². The van der Waals surface area contributed by atoms with Gasteiger partial charge >= 0.3 is 0 Å². The minimum Gasteiger partial charge on any atom is -0.488 e. The van der Waals surface area contributed by atoms with Gasteiger partial charge < -0.3 is 15.6 Å². The summed E-state index contributed by atoms with van der Waals surface area (Å²) in [6.07, 6.45) is 0. The zero-order valence-corrected chi connectivity index (χ0v) is 10.7. The van der Waals surface area contributed by atoms with Gasteiger partial charge in [-0.2, -0.15) is 0 Å².